The molecule has 144 valence electrons. The van der Waals surface area contributed by atoms with Crippen LogP contribution in [-0.4, -0.2) is 11.8 Å². The van der Waals surface area contributed by atoms with Crippen LogP contribution in [0.4, 0.5) is 5.69 Å². The van der Waals surface area contributed by atoms with E-state index in [-0.39, 0.29) is 17.6 Å². The fourth-order valence-corrected chi connectivity index (χ4v) is 3.73. The van der Waals surface area contributed by atoms with Crippen LogP contribution in [0.2, 0.25) is 0 Å². The van der Waals surface area contributed by atoms with Crippen molar-refractivity contribution in [3.63, 3.8) is 0 Å². The molecule has 0 aliphatic heterocycles. The van der Waals surface area contributed by atoms with E-state index in [4.69, 9.17) is 4.42 Å². The Morgan fingerprint density at radius 3 is 2.38 bits per heavy atom. The molecular weight excluding hydrogens is 384 g/mol. The topological polar surface area (TPSA) is 71.3 Å². The van der Waals surface area contributed by atoms with Gasteiger partial charge in [0.1, 0.15) is 0 Å². The monoisotopic (exact) mass is 402 g/mol. The Morgan fingerprint density at radius 1 is 0.862 bits per heavy atom. The highest BCUT2D eigenvalue weighted by atomic mass is 32.1. The highest BCUT2D eigenvalue weighted by Gasteiger charge is 2.14. The molecule has 0 radical (unpaired) electrons. The summed E-state index contributed by atoms with van der Waals surface area (Å²) in [6.45, 7) is 0.400. The molecule has 0 atom stereocenters. The Kier molecular flexibility index (Phi) is 5.54. The molecule has 2 aromatic carbocycles. The van der Waals surface area contributed by atoms with Gasteiger partial charge in [0.25, 0.3) is 11.8 Å². The minimum absolute atomic E-state index is 0.103. The molecule has 5 nitrogen and oxygen atoms in total. The zero-order chi connectivity index (χ0) is 20.1. The second-order valence-corrected chi connectivity index (χ2v) is 7.26. The van der Waals surface area contributed by atoms with Crippen LogP contribution in [0.5, 0.6) is 0 Å². The second-order valence-electron chi connectivity index (χ2n) is 6.34. The van der Waals surface area contributed by atoms with Gasteiger partial charge in [-0.05, 0) is 46.8 Å². The molecule has 2 amide bonds. The Bertz CT molecular complexity index is 1100. The van der Waals surface area contributed by atoms with E-state index in [2.05, 4.69) is 10.6 Å². The molecule has 0 aliphatic rings. The van der Waals surface area contributed by atoms with Gasteiger partial charge in [0, 0.05) is 17.8 Å². The molecule has 0 saturated carbocycles. The van der Waals surface area contributed by atoms with Gasteiger partial charge in [0.15, 0.2) is 5.76 Å². The zero-order valence-electron chi connectivity index (χ0n) is 15.4. The van der Waals surface area contributed by atoms with Crippen LogP contribution in [-0.2, 0) is 6.54 Å². The van der Waals surface area contributed by atoms with Gasteiger partial charge in [-0.1, -0.05) is 42.5 Å². The summed E-state index contributed by atoms with van der Waals surface area (Å²) in [5.74, 6) is -0.150. The minimum atomic E-state index is -0.304. The van der Waals surface area contributed by atoms with Crippen molar-refractivity contribution < 1.29 is 14.0 Å². The smallest absolute Gasteiger partial charge is 0.291 e. The van der Waals surface area contributed by atoms with Gasteiger partial charge in [-0.2, -0.15) is 0 Å². The number of hydrogen-bond acceptors (Lipinski definition) is 4. The highest BCUT2D eigenvalue weighted by Crippen LogP contribution is 2.28. The Balaban J connectivity index is 1.37. The van der Waals surface area contributed by atoms with E-state index in [9.17, 15) is 9.59 Å². The number of carbonyl (C=O) groups excluding carboxylic acids is 2. The van der Waals surface area contributed by atoms with Crippen molar-refractivity contribution in [3.8, 4) is 11.1 Å². The van der Waals surface area contributed by atoms with E-state index >= 15 is 0 Å². The lowest BCUT2D eigenvalue weighted by Crippen LogP contribution is -2.22. The Labute approximate surface area is 172 Å². The highest BCUT2D eigenvalue weighted by molar-refractivity contribution is 7.12. The third-order valence-electron chi connectivity index (χ3n) is 4.37. The first-order chi connectivity index (χ1) is 14.2. The molecule has 2 heterocycles. The van der Waals surface area contributed by atoms with Crippen LogP contribution in [0.3, 0.4) is 0 Å². The predicted molar refractivity (Wildman–Crippen MR) is 114 cm³/mol. The standard InChI is InChI=1S/C23H18N2O3S/c26-22(20-7-4-13-28-20)25-18-10-8-16(9-11-18)15-24-23(27)21-19(12-14-29-21)17-5-2-1-3-6-17/h1-14H,15H2,(H,24,27)(H,25,26). The second kappa shape index (κ2) is 8.58. The molecule has 4 rings (SSSR count). The lowest BCUT2D eigenvalue weighted by molar-refractivity contribution is 0.0954. The minimum Gasteiger partial charge on any atom is -0.459 e. The molecule has 0 bridgehead atoms. The first-order valence-electron chi connectivity index (χ1n) is 9.05. The molecule has 2 N–H and O–H groups in total. The summed E-state index contributed by atoms with van der Waals surface area (Å²) in [7, 11) is 0. The average Bonchev–Trinajstić information content (AvgIpc) is 3.46. The van der Waals surface area contributed by atoms with Crippen molar-refractivity contribution >= 4 is 28.8 Å². The number of furan rings is 1. The lowest BCUT2D eigenvalue weighted by Gasteiger charge is -2.08. The largest absolute Gasteiger partial charge is 0.459 e. The maximum Gasteiger partial charge on any atom is 0.291 e. The van der Waals surface area contributed by atoms with Crippen molar-refractivity contribution in [2.24, 2.45) is 0 Å². The molecular formula is C23H18N2O3S. The number of rotatable bonds is 6. The molecule has 0 aliphatic carbocycles. The first-order valence-corrected chi connectivity index (χ1v) is 9.93. The molecule has 29 heavy (non-hydrogen) atoms. The van der Waals surface area contributed by atoms with Crippen molar-refractivity contribution in [2.45, 2.75) is 6.54 Å². The van der Waals surface area contributed by atoms with E-state index in [0.29, 0.717) is 17.1 Å². The number of amides is 2. The normalized spacial score (nSPS) is 10.5. The predicted octanol–water partition coefficient (Wildman–Crippen LogP) is 5.19. The third kappa shape index (κ3) is 4.44. The maximum atomic E-state index is 12.6. The van der Waals surface area contributed by atoms with Crippen molar-refractivity contribution in [3.05, 3.63) is 101 Å². The average molecular weight is 402 g/mol. The van der Waals surface area contributed by atoms with E-state index in [1.165, 1.54) is 17.6 Å². The van der Waals surface area contributed by atoms with Gasteiger partial charge < -0.3 is 15.1 Å². The quantitative estimate of drug-likeness (QED) is 0.466. The fraction of sp³-hybridized carbons (Fsp3) is 0.0435. The van der Waals surface area contributed by atoms with Gasteiger partial charge in [0.05, 0.1) is 11.1 Å². The summed E-state index contributed by atoms with van der Waals surface area (Å²) in [4.78, 5) is 25.3. The number of hydrogen-bond donors (Lipinski definition) is 2. The maximum absolute atomic E-state index is 12.6. The number of thiophene rings is 1. The Hall–Kier alpha value is -3.64. The van der Waals surface area contributed by atoms with Crippen LogP contribution < -0.4 is 10.6 Å². The van der Waals surface area contributed by atoms with Gasteiger partial charge in [0.2, 0.25) is 0 Å². The van der Waals surface area contributed by atoms with Crippen molar-refractivity contribution in [1.82, 2.24) is 5.32 Å². The molecule has 0 unspecified atom stereocenters. The van der Waals surface area contributed by atoms with E-state index in [1.807, 2.05) is 53.9 Å². The summed E-state index contributed by atoms with van der Waals surface area (Å²) in [5.41, 5.74) is 3.55. The van der Waals surface area contributed by atoms with E-state index in [0.717, 1.165) is 16.7 Å². The Morgan fingerprint density at radius 2 is 1.66 bits per heavy atom. The summed E-state index contributed by atoms with van der Waals surface area (Å²) in [6.07, 6.45) is 1.46. The van der Waals surface area contributed by atoms with Crippen molar-refractivity contribution in [1.29, 1.82) is 0 Å². The third-order valence-corrected chi connectivity index (χ3v) is 5.28. The number of carbonyl (C=O) groups is 2. The molecule has 6 heteroatoms. The van der Waals surface area contributed by atoms with Crippen LogP contribution in [0.15, 0.2) is 88.9 Å². The molecule has 2 aromatic heterocycles. The summed E-state index contributed by atoms with van der Waals surface area (Å²) < 4.78 is 5.07. The summed E-state index contributed by atoms with van der Waals surface area (Å²) in [5, 5.41) is 7.65. The van der Waals surface area contributed by atoms with E-state index < -0.39 is 0 Å². The van der Waals surface area contributed by atoms with Gasteiger partial charge in [-0.3, -0.25) is 9.59 Å². The van der Waals surface area contributed by atoms with Gasteiger partial charge >= 0.3 is 0 Å². The van der Waals surface area contributed by atoms with Gasteiger partial charge in [-0.15, -0.1) is 11.3 Å². The summed E-state index contributed by atoms with van der Waals surface area (Å²) >= 11 is 1.43. The van der Waals surface area contributed by atoms with Gasteiger partial charge in [-0.25, -0.2) is 0 Å². The fourth-order valence-electron chi connectivity index (χ4n) is 2.90. The zero-order valence-corrected chi connectivity index (χ0v) is 16.2. The van der Waals surface area contributed by atoms with Crippen LogP contribution in [0.25, 0.3) is 11.1 Å². The first kappa shape index (κ1) is 18.7. The SMILES string of the molecule is O=C(Nc1ccc(CNC(=O)c2sccc2-c2ccccc2)cc1)c1ccco1. The molecule has 0 saturated heterocycles. The van der Waals surface area contributed by atoms with Crippen LogP contribution >= 0.6 is 11.3 Å². The van der Waals surface area contributed by atoms with Crippen molar-refractivity contribution in [2.75, 3.05) is 5.32 Å². The van der Waals surface area contributed by atoms with E-state index in [1.54, 1.807) is 24.3 Å². The molecule has 0 fully saturated rings. The van der Waals surface area contributed by atoms with Crippen LogP contribution in [0, 0.1) is 0 Å². The lowest BCUT2D eigenvalue weighted by atomic mass is 10.1. The number of benzene rings is 2. The summed E-state index contributed by atoms with van der Waals surface area (Å²) in [6, 6.07) is 22.4. The number of anilines is 1. The van der Waals surface area contributed by atoms with Crippen LogP contribution in [0.1, 0.15) is 25.8 Å². The number of nitrogens with one attached hydrogen (secondary N) is 2. The molecule has 0 spiro atoms. The molecule has 4 aromatic rings.